The van der Waals surface area contributed by atoms with Crippen molar-refractivity contribution < 1.29 is 9.90 Å². The summed E-state index contributed by atoms with van der Waals surface area (Å²) in [7, 11) is 0. The molecule has 1 aromatic carbocycles. The maximum absolute atomic E-state index is 10.2. The average molecular weight is 191 g/mol. The highest BCUT2D eigenvalue weighted by molar-refractivity contribution is 5.87. The molecule has 1 heterocycles. The van der Waals surface area contributed by atoms with Gasteiger partial charge in [0, 0.05) is 13.1 Å². The van der Waals surface area contributed by atoms with Crippen molar-refractivity contribution in [1.82, 2.24) is 5.32 Å². The topological polar surface area (TPSA) is 49.3 Å². The Bertz CT molecular complexity index is 300. The number of nitrogens with one attached hydrogen (secondary N) is 1. The SMILES string of the molecule is C1=CCNC1.O=C(O)c1ccccc1. The van der Waals surface area contributed by atoms with Crippen LogP contribution in [-0.2, 0) is 0 Å². The van der Waals surface area contributed by atoms with Gasteiger partial charge in [-0.05, 0) is 12.1 Å². The lowest BCUT2D eigenvalue weighted by Gasteiger charge is -1.88. The van der Waals surface area contributed by atoms with Gasteiger partial charge in [-0.15, -0.1) is 0 Å². The molecule has 0 amide bonds. The fraction of sp³-hybridized carbons (Fsp3) is 0.182. The van der Waals surface area contributed by atoms with Crippen molar-refractivity contribution in [3.05, 3.63) is 48.0 Å². The number of carboxylic acid groups (broad SMARTS) is 1. The van der Waals surface area contributed by atoms with E-state index in [0.29, 0.717) is 5.56 Å². The second kappa shape index (κ2) is 5.94. The largest absolute Gasteiger partial charge is 0.478 e. The second-order valence-electron chi connectivity index (χ2n) is 2.80. The van der Waals surface area contributed by atoms with Crippen LogP contribution in [-0.4, -0.2) is 24.2 Å². The number of hydrogen-bond donors (Lipinski definition) is 2. The predicted octanol–water partition coefficient (Wildman–Crippen LogP) is 1.53. The lowest BCUT2D eigenvalue weighted by molar-refractivity contribution is 0.0697. The lowest BCUT2D eigenvalue weighted by atomic mass is 10.2. The molecule has 2 N–H and O–H groups in total. The number of carboxylic acids is 1. The predicted molar refractivity (Wildman–Crippen MR) is 55.4 cm³/mol. The molecule has 3 nitrogen and oxygen atoms in total. The number of aromatic carboxylic acids is 1. The van der Waals surface area contributed by atoms with Gasteiger partial charge in [0.2, 0.25) is 0 Å². The summed E-state index contributed by atoms with van der Waals surface area (Å²) in [6.45, 7) is 2.14. The second-order valence-corrected chi connectivity index (χ2v) is 2.80. The van der Waals surface area contributed by atoms with Crippen LogP contribution in [0.1, 0.15) is 10.4 Å². The van der Waals surface area contributed by atoms with Crippen molar-refractivity contribution in [3.63, 3.8) is 0 Å². The molecule has 0 aliphatic carbocycles. The first-order valence-electron chi connectivity index (χ1n) is 4.45. The molecule has 0 unspecified atom stereocenters. The third-order valence-corrected chi connectivity index (χ3v) is 1.71. The molecule has 0 fully saturated rings. The van der Waals surface area contributed by atoms with E-state index in [0.717, 1.165) is 13.1 Å². The van der Waals surface area contributed by atoms with Crippen LogP contribution >= 0.6 is 0 Å². The first kappa shape index (κ1) is 10.5. The van der Waals surface area contributed by atoms with Gasteiger partial charge in [-0.3, -0.25) is 0 Å². The van der Waals surface area contributed by atoms with Gasteiger partial charge in [-0.1, -0.05) is 30.4 Å². The quantitative estimate of drug-likeness (QED) is 0.662. The van der Waals surface area contributed by atoms with E-state index < -0.39 is 5.97 Å². The summed E-state index contributed by atoms with van der Waals surface area (Å²) in [5.41, 5.74) is 0.331. The van der Waals surface area contributed by atoms with Crippen molar-refractivity contribution in [2.45, 2.75) is 0 Å². The van der Waals surface area contributed by atoms with Crippen LogP contribution < -0.4 is 5.32 Å². The normalized spacial score (nSPS) is 13.1. The highest BCUT2D eigenvalue weighted by Gasteiger charge is 1.96. The molecule has 0 aromatic heterocycles. The summed E-state index contributed by atoms with van der Waals surface area (Å²) in [5.74, 6) is -0.879. The molecule has 0 saturated carbocycles. The summed E-state index contributed by atoms with van der Waals surface area (Å²) < 4.78 is 0. The Morgan fingerprint density at radius 2 is 1.71 bits per heavy atom. The van der Waals surface area contributed by atoms with Crippen molar-refractivity contribution in [2.75, 3.05) is 13.1 Å². The zero-order valence-electron chi connectivity index (χ0n) is 7.81. The summed E-state index contributed by atoms with van der Waals surface area (Å²) in [6, 6.07) is 8.30. The Morgan fingerprint density at radius 3 is 2.00 bits per heavy atom. The number of hydrogen-bond acceptors (Lipinski definition) is 2. The Hall–Kier alpha value is -1.61. The van der Waals surface area contributed by atoms with Gasteiger partial charge >= 0.3 is 5.97 Å². The van der Waals surface area contributed by atoms with Crippen molar-refractivity contribution in [1.29, 1.82) is 0 Å². The molecule has 0 spiro atoms. The third kappa shape index (κ3) is 3.87. The highest BCUT2D eigenvalue weighted by Crippen LogP contribution is 1.96. The van der Waals surface area contributed by atoms with Crippen molar-refractivity contribution in [2.24, 2.45) is 0 Å². The molecular weight excluding hydrogens is 178 g/mol. The first-order chi connectivity index (χ1) is 6.80. The van der Waals surface area contributed by atoms with E-state index in [9.17, 15) is 4.79 Å². The molecule has 1 aliphatic rings. The van der Waals surface area contributed by atoms with Gasteiger partial charge in [0.05, 0.1) is 5.56 Å². The van der Waals surface area contributed by atoms with E-state index in [-0.39, 0.29) is 0 Å². The number of carbonyl (C=O) groups is 1. The maximum atomic E-state index is 10.2. The summed E-state index contributed by atoms with van der Waals surface area (Å²) in [6.07, 6.45) is 4.25. The standard InChI is InChI=1S/C7H6O2.C4H7N/c8-7(9)6-4-2-1-3-5-6;1-2-4-5-3-1/h1-5H,(H,8,9);1-2,5H,3-4H2. The van der Waals surface area contributed by atoms with Crippen LogP contribution in [0.2, 0.25) is 0 Å². The fourth-order valence-electron chi connectivity index (χ4n) is 0.997. The van der Waals surface area contributed by atoms with E-state index >= 15 is 0 Å². The van der Waals surface area contributed by atoms with Gasteiger partial charge in [0.15, 0.2) is 0 Å². The van der Waals surface area contributed by atoms with E-state index in [2.05, 4.69) is 17.5 Å². The summed E-state index contributed by atoms with van der Waals surface area (Å²) in [4.78, 5) is 10.2. The molecular formula is C11H13NO2. The monoisotopic (exact) mass is 191 g/mol. The van der Waals surface area contributed by atoms with Gasteiger partial charge in [0.25, 0.3) is 0 Å². The molecule has 0 radical (unpaired) electrons. The Kier molecular flexibility index (Phi) is 4.44. The molecule has 14 heavy (non-hydrogen) atoms. The van der Waals surface area contributed by atoms with Crippen LogP contribution in [0.3, 0.4) is 0 Å². The Labute approximate surface area is 83.1 Å². The van der Waals surface area contributed by atoms with Crippen LogP contribution in [0, 0.1) is 0 Å². The zero-order valence-corrected chi connectivity index (χ0v) is 7.81. The van der Waals surface area contributed by atoms with Gasteiger partial charge in [-0.2, -0.15) is 0 Å². The average Bonchev–Trinajstić information content (AvgIpc) is 2.77. The minimum absolute atomic E-state index is 0.331. The van der Waals surface area contributed by atoms with Gasteiger partial charge in [-0.25, -0.2) is 4.79 Å². The maximum Gasteiger partial charge on any atom is 0.335 e. The van der Waals surface area contributed by atoms with Crippen molar-refractivity contribution >= 4 is 5.97 Å². The van der Waals surface area contributed by atoms with E-state index in [4.69, 9.17) is 5.11 Å². The van der Waals surface area contributed by atoms with E-state index in [1.165, 1.54) is 0 Å². The molecule has 0 bridgehead atoms. The Morgan fingerprint density at radius 1 is 1.14 bits per heavy atom. The van der Waals surface area contributed by atoms with Crippen LogP contribution in [0.4, 0.5) is 0 Å². The fourth-order valence-corrected chi connectivity index (χ4v) is 0.997. The Balaban J connectivity index is 0.000000165. The highest BCUT2D eigenvalue weighted by atomic mass is 16.4. The molecule has 1 aromatic rings. The van der Waals surface area contributed by atoms with Gasteiger partial charge < -0.3 is 10.4 Å². The summed E-state index contributed by atoms with van der Waals surface area (Å²) in [5, 5.41) is 11.5. The molecule has 2 rings (SSSR count). The van der Waals surface area contributed by atoms with E-state index in [1.807, 2.05) is 0 Å². The van der Waals surface area contributed by atoms with Gasteiger partial charge in [0.1, 0.15) is 0 Å². The minimum atomic E-state index is -0.879. The molecule has 0 atom stereocenters. The molecule has 0 saturated heterocycles. The van der Waals surface area contributed by atoms with Crippen LogP contribution in [0.5, 0.6) is 0 Å². The molecule has 1 aliphatic heterocycles. The third-order valence-electron chi connectivity index (χ3n) is 1.71. The zero-order chi connectivity index (χ0) is 10.2. The number of rotatable bonds is 1. The van der Waals surface area contributed by atoms with Crippen LogP contribution in [0.15, 0.2) is 42.5 Å². The lowest BCUT2D eigenvalue weighted by Crippen LogP contribution is -2.04. The smallest absolute Gasteiger partial charge is 0.335 e. The van der Waals surface area contributed by atoms with Crippen LogP contribution in [0.25, 0.3) is 0 Å². The minimum Gasteiger partial charge on any atom is -0.478 e. The summed E-state index contributed by atoms with van der Waals surface area (Å²) >= 11 is 0. The first-order valence-corrected chi connectivity index (χ1v) is 4.45. The van der Waals surface area contributed by atoms with E-state index in [1.54, 1.807) is 30.3 Å². The number of benzene rings is 1. The van der Waals surface area contributed by atoms with Crippen molar-refractivity contribution in [3.8, 4) is 0 Å². The molecule has 3 heteroatoms. The molecule has 74 valence electrons.